The lowest BCUT2D eigenvalue weighted by atomic mass is 9.35. The molecular formula is C78H96BN3O. The molecule has 432 valence electrons. The fraction of sp³-hybridized carbons (Fsp3) is 0.513. The third-order valence-electron chi connectivity index (χ3n) is 23.9. The number of hydrogen-bond acceptors (Lipinski definition) is 4. The Morgan fingerprint density at radius 3 is 1.51 bits per heavy atom. The minimum absolute atomic E-state index is 0.00457. The second-order valence-corrected chi connectivity index (χ2v) is 34.1. The topological polar surface area (TPSA) is 22.9 Å². The zero-order valence-electron chi connectivity index (χ0n) is 54.6. The van der Waals surface area contributed by atoms with Gasteiger partial charge < -0.3 is 19.1 Å². The van der Waals surface area contributed by atoms with E-state index >= 15 is 0 Å². The molecule has 14 rings (SSSR count). The summed E-state index contributed by atoms with van der Waals surface area (Å²) < 4.78 is 7.98. The molecule has 0 bridgehead atoms. The van der Waals surface area contributed by atoms with Gasteiger partial charge in [-0.15, -0.1) is 0 Å². The Morgan fingerprint density at radius 2 is 0.916 bits per heavy atom. The molecule has 0 amide bonds. The first-order valence-electron chi connectivity index (χ1n) is 32.4. The van der Waals surface area contributed by atoms with Gasteiger partial charge >= 0.3 is 0 Å². The second-order valence-electron chi connectivity index (χ2n) is 34.1. The Labute approximate surface area is 500 Å². The van der Waals surface area contributed by atoms with E-state index in [1.54, 1.807) is 0 Å². The van der Waals surface area contributed by atoms with Crippen LogP contribution < -0.4 is 31.3 Å². The van der Waals surface area contributed by atoms with E-state index in [9.17, 15) is 0 Å². The van der Waals surface area contributed by atoms with Gasteiger partial charge in [0, 0.05) is 50.6 Å². The van der Waals surface area contributed by atoms with Crippen LogP contribution in [0.1, 0.15) is 253 Å². The van der Waals surface area contributed by atoms with Gasteiger partial charge in [-0.2, -0.15) is 0 Å². The van der Waals surface area contributed by atoms with E-state index in [2.05, 4.69) is 250 Å². The maximum absolute atomic E-state index is 7.98. The van der Waals surface area contributed by atoms with Crippen LogP contribution in [0.3, 0.4) is 0 Å². The minimum atomic E-state index is -0.176. The molecule has 1 aromatic heterocycles. The lowest BCUT2D eigenvalue weighted by molar-refractivity contribution is 0.195. The highest BCUT2D eigenvalue weighted by molar-refractivity contribution is 7.00. The van der Waals surface area contributed by atoms with E-state index < -0.39 is 0 Å². The molecule has 7 aromatic rings. The first kappa shape index (κ1) is 55.2. The van der Waals surface area contributed by atoms with Crippen molar-refractivity contribution in [1.82, 2.24) is 0 Å². The van der Waals surface area contributed by atoms with E-state index in [0.717, 1.165) is 49.8 Å². The Balaban J connectivity index is 1.18. The van der Waals surface area contributed by atoms with Gasteiger partial charge in [-0.25, -0.2) is 0 Å². The molecule has 0 radical (unpaired) electrons. The number of nitrogens with zero attached hydrogens (tertiary/aromatic N) is 3. The molecule has 4 heterocycles. The number of benzene rings is 6. The maximum Gasteiger partial charge on any atom is 0.297 e. The van der Waals surface area contributed by atoms with Crippen LogP contribution in [0, 0.1) is 0 Å². The summed E-state index contributed by atoms with van der Waals surface area (Å²) in [6, 6.07) is 40.7. The van der Waals surface area contributed by atoms with Crippen molar-refractivity contribution in [2.75, 3.05) is 14.7 Å². The summed E-state index contributed by atoms with van der Waals surface area (Å²) in [6.07, 6.45) is 11.7. The van der Waals surface area contributed by atoms with Gasteiger partial charge in [-0.3, -0.25) is 0 Å². The molecule has 2 atom stereocenters. The highest BCUT2D eigenvalue weighted by Crippen LogP contribution is 2.63. The SMILES string of the molecule is CC(C)(C)c1cc(N2c3cc(N4c5ccccc5C5(C)CCCCC45C)cc4c3B(c3cc5c(cc3N4c3ccc4c(c3)C(C)(C)CCC4(C)C)C(C)(C)CCC5(C)C)c3oc4cc5c(cc4c32)C(C)(C)CCC5(C)C)cc(C(C)(C)C)c1. The second kappa shape index (κ2) is 17.1. The van der Waals surface area contributed by atoms with Crippen LogP contribution in [0.25, 0.3) is 11.0 Å². The molecule has 0 N–H and O–H groups in total. The molecule has 0 saturated heterocycles. The molecule has 1 saturated carbocycles. The van der Waals surface area contributed by atoms with E-state index in [-0.39, 0.29) is 61.0 Å². The molecule has 1 fully saturated rings. The van der Waals surface area contributed by atoms with E-state index in [4.69, 9.17) is 4.42 Å². The summed E-state index contributed by atoms with van der Waals surface area (Å²) in [5.74, 6) is 0. The summed E-state index contributed by atoms with van der Waals surface area (Å²) >= 11 is 0. The number of anilines is 8. The van der Waals surface area contributed by atoms with Crippen molar-refractivity contribution >= 4 is 79.8 Å². The molecule has 2 unspecified atom stereocenters. The first-order valence-corrected chi connectivity index (χ1v) is 32.4. The molecule has 7 aliphatic rings. The van der Waals surface area contributed by atoms with Crippen LogP contribution >= 0.6 is 0 Å². The number of rotatable bonds is 3. The van der Waals surface area contributed by atoms with Crippen LogP contribution in [-0.4, -0.2) is 12.3 Å². The smallest absolute Gasteiger partial charge is 0.297 e. The van der Waals surface area contributed by atoms with Crippen LogP contribution in [0.2, 0.25) is 0 Å². The summed E-state index contributed by atoms with van der Waals surface area (Å²) in [6.45, 7) is 49.3. The van der Waals surface area contributed by atoms with Gasteiger partial charge in [0.2, 0.25) is 0 Å². The van der Waals surface area contributed by atoms with Crippen molar-refractivity contribution in [2.45, 2.75) is 257 Å². The van der Waals surface area contributed by atoms with Gasteiger partial charge in [0.15, 0.2) is 0 Å². The molecular weight excluding hydrogens is 1010 g/mol. The highest BCUT2D eigenvalue weighted by Gasteiger charge is 2.59. The number of furan rings is 1. The third kappa shape index (κ3) is 7.74. The normalized spacial score (nSPS) is 24.5. The zero-order valence-corrected chi connectivity index (χ0v) is 54.6. The number of fused-ring (bicyclic) bond motifs is 12. The van der Waals surface area contributed by atoms with Crippen molar-refractivity contribution < 1.29 is 4.42 Å². The Bertz CT molecular complexity index is 3890. The molecule has 83 heavy (non-hydrogen) atoms. The van der Waals surface area contributed by atoms with Crippen LogP contribution in [0.15, 0.2) is 101 Å². The zero-order chi connectivity index (χ0) is 59.1. The lowest BCUT2D eigenvalue weighted by Crippen LogP contribution is -2.61. The lowest BCUT2D eigenvalue weighted by Gasteiger charge is -2.51. The fourth-order valence-corrected chi connectivity index (χ4v) is 17.7. The number of para-hydroxylation sites is 1. The first-order chi connectivity index (χ1) is 38.6. The van der Waals surface area contributed by atoms with Crippen LogP contribution in [0.5, 0.6) is 0 Å². The van der Waals surface area contributed by atoms with Gasteiger partial charge in [0.25, 0.3) is 6.71 Å². The average Bonchev–Trinajstić information content (AvgIpc) is 1.87. The van der Waals surface area contributed by atoms with Crippen molar-refractivity contribution in [2.24, 2.45) is 0 Å². The van der Waals surface area contributed by atoms with Crippen molar-refractivity contribution in [3.05, 3.63) is 147 Å². The van der Waals surface area contributed by atoms with Crippen molar-refractivity contribution in [3.8, 4) is 0 Å². The molecule has 0 spiro atoms. The largest absolute Gasteiger partial charge is 0.468 e. The van der Waals surface area contributed by atoms with E-state index in [0.29, 0.717) is 0 Å². The Hall–Kier alpha value is -5.68. The van der Waals surface area contributed by atoms with Gasteiger partial charge in [-0.1, -0.05) is 181 Å². The molecule has 6 aromatic carbocycles. The fourth-order valence-electron chi connectivity index (χ4n) is 17.7. The van der Waals surface area contributed by atoms with Crippen LogP contribution in [-0.2, 0) is 48.7 Å². The summed E-state index contributed by atoms with van der Waals surface area (Å²) in [5.41, 5.74) is 27.7. The summed E-state index contributed by atoms with van der Waals surface area (Å²) in [7, 11) is 0. The Morgan fingerprint density at radius 1 is 0.410 bits per heavy atom. The van der Waals surface area contributed by atoms with Crippen molar-refractivity contribution in [1.29, 1.82) is 0 Å². The average molecular weight is 1100 g/mol. The highest BCUT2D eigenvalue weighted by atomic mass is 16.3. The van der Waals surface area contributed by atoms with Gasteiger partial charge in [-0.05, 0) is 223 Å². The monoisotopic (exact) mass is 1100 g/mol. The molecule has 4 nitrogen and oxygen atoms in total. The van der Waals surface area contributed by atoms with E-state index in [1.807, 2.05) is 0 Å². The predicted molar refractivity (Wildman–Crippen MR) is 356 cm³/mol. The standard InChI is InChI=1S/C78H96BN3O/c1-69(2,3)47-37-48(70(4,5)6)39-50(38-47)81-64-42-51(82-61-26-22-21-25-54(61)77(19)29-23-24-30-78(77,82)20)41-63-66(64)79(68-67(81)52-43-56-59(46-65(52)83-68)76(17,18)36-33-73(56,11)12)60-44-57-58(75(15,16)35-34-74(57,13)14)45-62(60)80(63)49-27-28-53-55(40-49)72(9,10)32-31-71(53,7)8/h21-22,25-28,37-46H,23-24,29-36H2,1-20H3. The molecule has 3 aliphatic heterocycles. The van der Waals surface area contributed by atoms with Gasteiger partial charge in [0.05, 0.1) is 16.9 Å². The van der Waals surface area contributed by atoms with E-state index in [1.165, 1.54) is 138 Å². The quantitative estimate of drug-likeness (QED) is 0.165. The Kier molecular flexibility index (Phi) is 11.3. The van der Waals surface area contributed by atoms with Gasteiger partial charge in [0.1, 0.15) is 5.58 Å². The number of hydrogen-bond donors (Lipinski definition) is 0. The molecule has 4 aliphatic carbocycles. The van der Waals surface area contributed by atoms with Crippen molar-refractivity contribution in [3.63, 3.8) is 0 Å². The maximum atomic E-state index is 7.98. The molecule has 5 heteroatoms. The summed E-state index contributed by atoms with van der Waals surface area (Å²) in [5, 5.41) is 1.22. The third-order valence-corrected chi connectivity index (χ3v) is 23.9. The minimum Gasteiger partial charge on any atom is -0.468 e. The van der Waals surface area contributed by atoms with Crippen LogP contribution in [0.4, 0.5) is 45.5 Å². The predicted octanol–water partition coefficient (Wildman–Crippen LogP) is 19.9. The summed E-state index contributed by atoms with van der Waals surface area (Å²) in [4.78, 5) is 8.37.